The van der Waals surface area contributed by atoms with Crippen molar-refractivity contribution in [2.45, 2.75) is 11.9 Å². The largest absolute Gasteiger partial charge is 0.325 e. The average molecular weight is 354 g/mol. The maximum atomic E-state index is 12.2. The van der Waals surface area contributed by atoms with Crippen molar-refractivity contribution < 1.29 is 9.72 Å². The van der Waals surface area contributed by atoms with Gasteiger partial charge in [0.25, 0.3) is 5.69 Å². The molecule has 126 valence electrons. The second-order valence-electron chi connectivity index (χ2n) is 5.29. The summed E-state index contributed by atoms with van der Waals surface area (Å²) in [6.45, 7) is 1.78. The predicted octanol–water partition coefficient (Wildman–Crippen LogP) is 3.58. The van der Waals surface area contributed by atoms with Gasteiger partial charge in [-0.1, -0.05) is 36.0 Å². The lowest BCUT2D eigenvalue weighted by atomic mass is 10.2. The Morgan fingerprint density at radius 1 is 1.24 bits per heavy atom. The Morgan fingerprint density at radius 3 is 2.84 bits per heavy atom. The summed E-state index contributed by atoms with van der Waals surface area (Å²) in [5.41, 5.74) is 1.95. The summed E-state index contributed by atoms with van der Waals surface area (Å²) in [5.74, 6) is -0.111. The van der Waals surface area contributed by atoms with Crippen LogP contribution in [0, 0.1) is 17.0 Å². The number of aromatic nitrogens is 2. The van der Waals surface area contributed by atoms with E-state index in [-0.39, 0.29) is 17.3 Å². The maximum absolute atomic E-state index is 12.2. The highest BCUT2D eigenvalue weighted by Gasteiger charge is 2.12. The van der Waals surface area contributed by atoms with Crippen molar-refractivity contribution in [1.29, 1.82) is 0 Å². The number of carbonyl (C=O) groups is 1. The second-order valence-corrected chi connectivity index (χ2v) is 6.25. The van der Waals surface area contributed by atoms with Crippen LogP contribution in [0.4, 0.5) is 11.4 Å². The molecule has 0 unspecified atom stereocenters. The standard InChI is InChI=1S/C17H14N4O3S/c1-11-6-7-12(21(23)24)8-15(11)20-16(22)9-25-17-13-4-2-3-5-14(13)18-10-19-17/h2-8,10H,9H2,1H3,(H,20,22). The number of hydrogen-bond acceptors (Lipinski definition) is 6. The zero-order chi connectivity index (χ0) is 17.8. The van der Waals surface area contributed by atoms with Crippen molar-refractivity contribution >= 4 is 39.9 Å². The molecule has 3 rings (SSSR count). The number of nitro groups is 1. The van der Waals surface area contributed by atoms with E-state index in [0.29, 0.717) is 5.69 Å². The molecule has 0 spiro atoms. The van der Waals surface area contributed by atoms with Crippen molar-refractivity contribution in [1.82, 2.24) is 9.97 Å². The van der Waals surface area contributed by atoms with Crippen molar-refractivity contribution in [3.63, 3.8) is 0 Å². The van der Waals surface area contributed by atoms with Crippen LogP contribution in [0.1, 0.15) is 5.56 Å². The third-order valence-corrected chi connectivity index (χ3v) is 4.56. The Balaban J connectivity index is 1.71. The Morgan fingerprint density at radius 2 is 2.04 bits per heavy atom. The highest BCUT2D eigenvalue weighted by Crippen LogP contribution is 2.25. The first-order valence-corrected chi connectivity index (χ1v) is 8.40. The molecule has 1 amide bonds. The molecule has 0 radical (unpaired) electrons. The van der Waals surface area contributed by atoms with Gasteiger partial charge in [0, 0.05) is 17.5 Å². The number of carbonyl (C=O) groups excluding carboxylic acids is 1. The topological polar surface area (TPSA) is 98.0 Å². The smallest absolute Gasteiger partial charge is 0.271 e. The molecule has 0 saturated heterocycles. The summed E-state index contributed by atoms with van der Waals surface area (Å²) < 4.78 is 0. The molecule has 0 aliphatic heterocycles. The van der Waals surface area contributed by atoms with E-state index < -0.39 is 4.92 Å². The van der Waals surface area contributed by atoms with Gasteiger partial charge in [-0.15, -0.1) is 0 Å². The van der Waals surface area contributed by atoms with Crippen LogP contribution in [0.3, 0.4) is 0 Å². The number of fused-ring (bicyclic) bond motifs is 1. The van der Waals surface area contributed by atoms with Crippen LogP contribution in [0.5, 0.6) is 0 Å². The SMILES string of the molecule is Cc1ccc([N+](=O)[O-])cc1NC(=O)CSc1ncnc2ccccc12. The number of nitrogens with one attached hydrogen (secondary N) is 1. The summed E-state index contributed by atoms with van der Waals surface area (Å²) in [6, 6.07) is 11.9. The van der Waals surface area contributed by atoms with Crippen LogP contribution in [-0.4, -0.2) is 26.6 Å². The van der Waals surface area contributed by atoms with Crippen LogP contribution >= 0.6 is 11.8 Å². The number of rotatable bonds is 5. The summed E-state index contributed by atoms with van der Waals surface area (Å²) in [6.07, 6.45) is 1.47. The molecule has 1 heterocycles. The Kier molecular flexibility index (Phi) is 4.90. The molecule has 1 N–H and O–H groups in total. The van der Waals surface area contributed by atoms with E-state index in [4.69, 9.17) is 0 Å². The van der Waals surface area contributed by atoms with E-state index in [9.17, 15) is 14.9 Å². The molecule has 0 fully saturated rings. The lowest BCUT2D eigenvalue weighted by Crippen LogP contribution is -2.15. The van der Waals surface area contributed by atoms with E-state index in [1.807, 2.05) is 24.3 Å². The highest BCUT2D eigenvalue weighted by molar-refractivity contribution is 8.00. The fourth-order valence-corrected chi connectivity index (χ4v) is 3.06. The molecule has 1 aromatic heterocycles. The minimum atomic E-state index is -0.489. The van der Waals surface area contributed by atoms with Crippen LogP contribution in [-0.2, 0) is 4.79 Å². The number of benzene rings is 2. The zero-order valence-corrected chi connectivity index (χ0v) is 14.1. The molecule has 0 bridgehead atoms. The van der Waals surface area contributed by atoms with Crippen molar-refractivity contribution in [3.05, 3.63) is 64.5 Å². The molecule has 8 heteroatoms. The number of amides is 1. The lowest BCUT2D eigenvalue weighted by Gasteiger charge is -2.08. The van der Waals surface area contributed by atoms with Gasteiger partial charge in [-0.2, -0.15) is 0 Å². The number of hydrogen-bond donors (Lipinski definition) is 1. The zero-order valence-electron chi connectivity index (χ0n) is 13.3. The summed E-state index contributed by atoms with van der Waals surface area (Å²) >= 11 is 1.30. The average Bonchev–Trinajstić information content (AvgIpc) is 2.61. The Bertz CT molecular complexity index is 956. The van der Waals surface area contributed by atoms with E-state index in [1.54, 1.807) is 13.0 Å². The van der Waals surface area contributed by atoms with Crippen molar-refractivity contribution in [2.24, 2.45) is 0 Å². The highest BCUT2D eigenvalue weighted by atomic mass is 32.2. The van der Waals surface area contributed by atoms with Gasteiger partial charge < -0.3 is 5.32 Å². The van der Waals surface area contributed by atoms with Gasteiger partial charge in [0.1, 0.15) is 11.4 Å². The summed E-state index contributed by atoms with van der Waals surface area (Å²) in [5, 5.41) is 15.2. The van der Waals surface area contributed by atoms with Crippen molar-refractivity contribution in [2.75, 3.05) is 11.1 Å². The van der Waals surface area contributed by atoms with Crippen LogP contribution in [0.2, 0.25) is 0 Å². The van der Waals surface area contributed by atoms with Gasteiger partial charge in [-0.25, -0.2) is 9.97 Å². The minimum absolute atomic E-state index is 0.0599. The first-order chi connectivity index (χ1) is 12.0. The van der Waals surface area contributed by atoms with E-state index in [0.717, 1.165) is 21.5 Å². The molecule has 3 aromatic rings. The fraction of sp³-hybridized carbons (Fsp3) is 0.118. The normalized spacial score (nSPS) is 10.6. The molecule has 0 saturated carbocycles. The van der Waals surface area contributed by atoms with Gasteiger partial charge in [0.15, 0.2) is 0 Å². The van der Waals surface area contributed by atoms with Crippen LogP contribution < -0.4 is 5.32 Å². The van der Waals surface area contributed by atoms with E-state index >= 15 is 0 Å². The molecular formula is C17H14N4O3S. The van der Waals surface area contributed by atoms with Crippen molar-refractivity contribution in [3.8, 4) is 0 Å². The number of thioether (sulfide) groups is 1. The second kappa shape index (κ2) is 7.27. The van der Waals surface area contributed by atoms with Gasteiger partial charge in [-0.3, -0.25) is 14.9 Å². The van der Waals surface area contributed by atoms with Gasteiger partial charge in [-0.05, 0) is 18.6 Å². The van der Waals surface area contributed by atoms with Crippen LogP contribution in [0.25, 0.3) is 10.9 Å². The monoisotopic (exact) mass is 354 g/mol. The third-order valence-electron chi connectivity index (χ3n) is 3.55. The van der Waals surface area contributed by atoms with Gasteiger partial charge in [0.05, 0.1) is 21.9 Å². The van der Waals surface area contributed by atoms with Gasteiger partial charge in [0.2, 0.25) is 5.91 Å². The molecule has 0 atom stereocenters. The third kappa shape index (κ3) is 3.92. The summed E-state index contributed by atoms with van der Waals surface area (Å²) in [4.78, 5) is 31.0. The number of nitro benzene ring substituents is 1. The molecule has 7 nitrogen and oxygen atoms in total. The summed E-state index contributed by atoms with van der Waals surface area (Å²) in [7, 11) is 0. The number of aryl methyl sites for hydroxylation is 1. The number of anilines is 1. The van der Waals surface area contributed by atoms with E-state index in [1.165, 1.54) is 30.2 Å². The molecule has 25 heavy (non-hydrogen) atoms. The predicted molar refractivity (Wildman–Crippen MR) is 96.7 cm³/mol. The quantitative estimate of drug-likeness (QED) is 0.325. The molecule has 2 aromatic carbocycles. The first-order valence-electron chi connectivity index (χ1n) is 7.42. The molecule has 0 aliphatic carbocycles. The molecular weight excluding hydrogens is 340 g/mol. The Hall–Kier alpha value is -3.00. The van der Waals surface area contributed by atoms with Crippen LogP contribution in [0.15, 0.2) is 53.8 Å². The van der Waals surface area contributed by atoms with E-state index in [2.05, 4.69) is 15.3 Å². The molecule has 0 aliphatic rings. The van der Waals surface area contributed by atoms with Gasteiger partial charge >= 0.3 is 0 Å². The fourth-order valence-electron chi connectivity index (χ4n) is 2.27. The number of para-hydroxylation sites is 1. The Labute approximate surface area is 147 Å². The lowest BCUT2D eigenvalue weighted by molar-refractivity contribution is -0.384. The number of non-ortho nitro benzene ring substituents is 1. The number of nitrogens with zero attached hydrogens (tertiary/aromatic N) is 3. The minimum Gasteiger partial charge on any atom is -0.325 e. The first kappa shape index (κ1) is 16.8. The maximum Gasteiger partial charge on any atom is 0.271 e.